The Hall–Kier alpha value is -3.32. The van der Waals surface area contributed by atoms with Gasteiger partial charge in [-0.3, -0.25) is 4.79 Å². The van der Waals surface area contributed by atoms with E-state index in [1.54, 1.807) is 28.9 Å². The zero-order chi connectivity index (χ0) is 27.6. The van der Waals surface area contributed by atoms with Gasteiger partial charge < -0.3 is 14.8 Å². The van der Waals surface area contributed by atoms with Crippen LogP contribution in [0.3, 0.4) is 0 Å². The number of aromatic nitrogens is 1. The number of benzene rings is 2. The predicted molar refractivity (Wildman–Crippen MR) is 151 cm³/mol. The number of fused-ring (bicyclic) bond motifs is 1. The molecule has 1 saturated heterocycles. The minimum Gasteiger partial charge on any atom is -0.482 e. The molecule has 1 aromatic heterocycles. The molecule has 206 valence electrons. The van der Waals surface area contributed by atoms with E-state index in [4.69, 9.17) is 19.6 Å². The maximum absolute atomic E-state index is 13.0. The number of nitrogens with zero attached hydrogens (tertiary/aromatic N) is 4. The van der Waals surface area contributed by atoms with E-state index >= 15 is 0 Å². The summed E-state index contributed by atoms with van der Waals surface area (Å²) in [6.07, 6.45) is 0.823. The third-order valence-corrected chi connectivity index (χ3v) is 8.97. The van der Waals surface area contributed by atoms with Crippen molar-refractivity contribution < 1.29 is 22.7 Å². The molecule has 3 heterocycles. The number of carbonyl (C=O) groups excluding carboxylic acids is 1. The molecule has 0 radical (unpaired) electrons. The number of ether oxygens (including phenoxy) is 2. The second-order valence-corrected chi connectivity index (χ2v) is 12.6. The molecule has 12 heteroatoms. The fourth-order valence-electron chi connectivity index (χ4n) is 4.46. The first-order chi connectivity index (χ1) is 18.7. The molecular weight excluding hydrogens is 538 g/mol. The lowest BCUT2D eigenvalue weighted by Crippen LogP contribution is -2.40. The summed E-state index contributed by atoms with van der Waals surface area (Å²) in [4.78, 5) is 17.5. The van der Waals surface area contributed by atoms with E-state index in [0.717, 1.165) is 23.4 Å². The van der Waals surface area contributed by atoms with Crippen molar-refractivity contribution in [3.8, 4) is 17.0 Å². The summed E-state index contributed by atoms with van der Waals surface area (Å²) in [5.41, 5.74) is 3.84. The maximum Gasteiger partial charge on any atom is 0.262 e. The van der Waals surface area contributed by atoms with Crippen LogP contribution in [-0.4, -0.2) is 61.9 Å². The lowest BCUT2D eigenvalue weighted by atomic mass is 10.1. The van der Waals surface area contributed by atoms with Gasteiger partial charge in [0.1, 0.15) is 5.75 Å². The van der Waals surface area contributed by atoms with Crippen LogP contribution in [0.5, 0.6) is 5.75 Å². The van der Waals surface area contributed by atoms with Gasteiger partial charge in [0.25, 0.3) is 5.91 Å². The van der Waals surface area contributed by atoms with E-state index in [1.165, 1.54) is 15.6 Å². The highest BCUT2D eigenvalue weighted by Crippen LogP contribution is 2.33. The Bertz CT molecular complexity index is 1570. The SMILES string of the molecule is CC(CC(C)C)=Nn1c(-c2ccc3c(c2)NC(=O)CO3)csc1=Nc1ccc(S(=O)(=O)N2CCOCC2)cc1. The number of hydrogen-bond acceptors (Lipinski definition) is 8. The van der Waals surface area contributed by atoms with Gasteiger partial charge in [0.2, 0.25) is 14.8 Å². The average Bonchev–Trinajstić information content (AvgIpc) is 3.30. The quantitative estimate of drug-likeness (QED) is 0.431. The van der Waals surface area contributed by atoms with Crippen LogP contribution < -0.4 is 14.9 Å². The van der Waals surface area contributed by atoms with Crippen molar-refractivity contribution in [2.24, 2.45) is 16.0 Å². The second kappa shape index (κ2) is 11.4. The number of thiazole rings is 1. The zero-order valence-electron chi connectivity index (χ0n) is 22.1. The minimum atomic E-state index is -3.58. The standard InChI is InChI=1S/C27H31N5O5S2/c1-18(2)14-19(3)30-32-24(20-4-9-25-23(15-20)29-26(33)16-37-25)17-38-27(32)28-21-5-7-22(8-6-21)39(34,35)31-10-12-36-13-11-31/h4-9,15,17-18H,10-14,16H2,1-3H3,(H,29,33). The summed E-state index contributed by atoms with van der Waals surface area (Å²) >= 11 is 1.43. The Labute approximate surface area is 231 Å². The van der Waals surface area contributed by atoms with Crippen molar-refractivity contribution in [3.05, 3.63) is 52.6 Å². The molecule has 2 aliphatic heterocycles. The Kier molecular flexibility index (Phi) is 7.98. The highest BCUT2D eigenvalue weighted by molar-refractivity contribution is 7.89. The Morgan fingerprint density at radius 3 is 2.59 bits per heavy atom. The fourth-order valence-corrected chi connectivity index (χ4v) is 6.71. The van der Waals surface area contributed by atoms with Crippen molar-refractivity contribution in [1.82, 2.24) is 8.98 Å². The first kappa shape index (κ1) is 27.3. The van der Waals surface area contributed by atoms with Crippen molar-refractivity contribution in [1.29, 1.82) is 0 Å². The molecule has 0 unspecified atom stereocenters. The largest absolute Gasteiger partial charge is 0.482 e. The highest BCUT2D eigenvalue weighted by atomic mass is 32.2. The van der Waals surface area contributed by atoms with Gasteiger partial charge >= 0.3 is 0 Å². The topological polar surface area (TPSA) is 115 Å². The molecule has 0 aliphatic carbocycles. The number of rotatable bonds is 7. The van der Waals surface area contributed by atoms with Crippen LogP contribution in [0.1, 0.15) is 27.2 Å². The fraction of sp³-hybridized carbons (Fsp3) is 0.370. The monoisotopic (exact) mass is 569 g/mol. The number of hydrogen-bond donors (Lipinski definition) is 1. The van der Waals surface area contributed by atoms with Crippen LogP contribution >= 0.6 is 11.3 Å². The first-order valence-electron chi connectivity index (χ1n) is 12.8. The lowest BCUT2D eigenvalue weighted by Gasteiger charge is -2.26. The number of nitrogens with one attached hydrogen (secondary N) is 1. The van der Waals surface area contributed by atoms with E-state index in [0.29, 0.717) is 54.1 Å². The van der Waals surface area contributed by atoms with Crippen LogP contribution in [0, 0.1) is 5.92 Å². The van der Waals surface area contributed by atoms with Gasteiger partial charge in [-0.2, -0.15) is 9.41 Å². The van der Waals surface area contributed by atoms with Gasteiger partial charge in [-0.1, -0.05) is 13.8 Å². The number of morpholine rings is 1. The molecule has 0 saturated carbocycles. The lowest BCUT2D eigenvalue weighted by molar-refractivity contribution is -0.118. The van der Waals surface area contributed by atoms with E-state index in [-0.39, 0.29) is 17.4 Å². The van der Waals surface area contributed by atoms with Crippen molar-refractivity contribution in [2.75, 3.05) is 38.2 Å². The van der Waals surface area contributed by atoms with Gasteiger partial charge in [0.05, 0.1) is 35.2 Å². The summed E-state index contributed by atoms with van der Waals surface area (Å²) in [5, 5.41) is 9.72. The molecule has 3 aromatic rings. The highest BCUT2D eigenvalue weighted by Gasteiger charge is 2.26. The summed E-state index contributed by atoms with van der Waals surface area (Å²) in [6.45, 7) is 7.76. The normalized spacial score (nSPS) is 17.2. The van der Waals surface area contributed by atoms with Gasteiger partial charge in [-0.05, 0) is 61.7 Å². The summed E-state index contributed by atoms with van der Waals surface area (Å²) in [5.74, 6) is 0.865. The van der Waals surface area contributed by atoms with E-state index < -0.39 is 10.0 Å². The van der Waals surface area contributed by atoms with Crippen LogP contribution in [0.2, 0.25) is 0 Å². The molecule has 39 heavy (non-hydrogen) atoms. The summed E-state index contributed by atoms with van der Waals surface area (Å²) < 4.78 is 40.0. The smallest absolute Gasteiger partial charge is 0.262 e. The van der Waals surface area contributed by atoms with E-state index in [1.807, 2.05) is 30.5 Å². The number of amides is 1. The number of anilines is 1. The van der Waals surface area contributed by atoms with E-state index in [2.05, 4.69) is 19.2 Å². The molecule has 0 spiro atoms. The molecule has 0 bridgehead atoms. The van der Waals surface area contributed by atoms with Gasteiger partial charge in [-0.15, -0.1) is 11.3 Å². The minimum absolute atomic E-state index is 0.000939. The van der Waals surface area contributed by atoms with Gasteiger partial charge in [-0.25, -0.2) is 18.1 Å². The Morgan fingerprint density at radius 1 is 1.13 bits per heavy atom. The van der Waals surface area contributed by atoms with Gasteiger partial charge in [0, 0.05) is 29.7 Å². The maximum atomic E-state index is 13.0. The molecule has 1 N–H and O–H groups in total. The molecule has 2 aromatic carbocycles. The average molecular weight is 570 g/mol. The molecule has 5 rings (SSSR count). The molecule has 0 atom stereocenters. The first-order valence-corrected chi connectivity index (χ1v) is 15.1. The Morgan fingerprint density at radius 2 is 1.87 bits per heavy atom. The molecule has 10 nitrogen and oxygen atoms in total. The third kappa shape index (κ3) is 6.14. The van der Waals surface area contributed by atoms with Crippen LogP contribution in [0.25, 0.3) is 11.3 Å². The number of sulfonamides is 1. The van der Waals surface area contributed by atoms with Crippen LogP contribution in [0.15, 0.2) is 62.8 Å². The van der Waals surface area contributed by atoms with Crippen LogP contribution in [-0.2, 0) is 19.6 Å². The second-order valence-electron chi connectivity index (χ2n) is 9.82. The van der Waals surface area contributed by atoms with Crippen molar-refractivity contribution in [2.45, 2.75) is 32.1 Å². The summed E-state index contributed by atoms with van der Waals surface area (Å²) in [6, 6.07) is 12.2. The predicted octanol–water partition coefficient (Wildman–Crippen LogP) is 4.07. The summed E-state index contributed by atoms with van der Waals surface area (Å²) in [7, 11) is -3.58. The Balaban J connectivity index is 1.52. The molecule has 2 aliphatic rings. The molecule has 1 amide bonds. The van der Waals surface area contributed by atoms with E-state index in [9.17, 15) is 13.2 Å². The zero-order valence-corrected chi connectivity index (χ0v) is 23.7. The van der Waals surface area contributed by atoms with Gasteiger partial charge in [0.15, 0.2) is 6.61 Å². The third-order valence-electron chi connectivity index (χ3n) is 6.24. The number of carbonyl (C=O) groups is 1. The molecular formula is C27H31N5O5S2. The van der Waals surface area contributed by atoms with Crippen LogP contribution in [0.4, 0.5) is 11.4 Å². The molecule has 1 fully saturated rings. The van der Waals surface area contributed by atoms with Crippen molar-refractivity contribution >= 4 is 44.4 Å². The van der Waals surface area contributed by atoms with Crippen molar-refractivity contribution in [3.63, 3.8) is 0 Å².